The first-order chi connectivity index (χ1) is 11.6. The van der Waals surface area contributed by atoms with Crippen LogP contribution in [0.4, 0.5) is 0 Å². The third-order valence-corrected chi connectivity index (χ3v) is 4.18. The summed E-state index contributed by atoms with van der Waals surface area (Å²) in [6, 6.07) is 10.8. The Balaban J connectivity index is 2.02. The Hall–Kier alpha value is -2.95. The monoisotopic (exact) mass is 326 g/mol. The molecule has 0 atom stereocenters. The van der Waals surface area contributed by atoms with E-state index >= 15 is 0 Å². The molecule has 3 aromatic rings. The van der Waals surface area contributed by atoms with E-state index in [0.717, 1.165) is 0 Å². The van der Waals surface area contributed by atoms with Crippen LogP contribution in [0.3, 0.4) is 0 Å². The number of rotatable bonds is 8. The van der Waals surface area contributed by atoms with Crippen molar-refractivity contribution < 1.29 is 23.2 Å². The van der Waals surface area contributed by atoms with Crippen molar-refractivity contribution in [3.8, 4) is 0 Å². The number of carboxylic acids is 1. The van der Waals surface area contributed by atoms with Crippen molar-refractivity contribution in [3.63, 3.8) is 0 Å². The van der Waals surface area contributed by atoms with E-state index in [1.54, 1.807) is 37.0 Å². The maximum absolute atomic E-state index is 11.7. The van der Waals surface area contributed by atoms with Crippen molar-refractivity contribution in [2.24, 2.45) is 5.41 Å². The first kappa shape index (κ1) is 15.9. The first-order valence-electron chi connectivity index (χ1n) is 7.59. The molecule has 0 aliphatic rings. The van der Waals surface area contributed by atoms with Crippen LogP contribution in [-0.2, 0) is 24.1 Å². The van der Waals surface area contributed by atoms with Crippen LogP contribution in [0, 0.1) is 5.41 Å². The van der Waals surface area contributed by atoms with E-state index in [9.17, 15) is 9.90 Å². The van der Waals surface area contributed by atoms with Crippen LogP contribution in [-0.4, -0.2) is 11.1 Å². The van der Waals surface area contributed by atoms with Crippen LogP contribution >= 0.6 is 0 Å². The zero-order valence-corrected chi connectivity index (χ0v) is 13.1. The van der Waals surface area contributed by atoms with Gasteiger partial charge in [0.25, 0.3) is 0 Å². The van der Waals surface area contributed by atoms with Crippen LogP contribution in [0.5, 0.6) is 0 Å². The minimum Gasteiger partial charge on any atom is -0.478 e. The van der Waals surface area contributed by atoms with Crippen LogP contribution in [0.25, 0.3) is 0 Å². The molecule has 24 heavy (non-hydrogen) atoms. The van der Waals surface area contributed by atoms with E-state index in [2.05, 4.69) is 6.58 Å². The Bertz CT molecular complexity index is 690. The standard InChI is InChI=1S/C19H18O5/c1-14(18(20)21)19(11-15-5-2-8-22-15,12-16-6-3-9-23-16)13-17-7-4-10-24-17/h2-10H,1,11-13H2,(H,20,21). The predicted molar refractivity (Wildman–Crippen MR) is 86.4 cm³/mol. The molecule has 0 amide bonds. The summed E-state index contributed by atoms with van der Waals surface area (Å²) in [7, 11) is 0. The largest absolute Gasteiger partial charge is 0.478 e. The summed E-state index contributed by atoms with van der Waals surface area (Å²) in [5.74, 6) is 1.03. The van der Waals surface area contributed by atoms with E-state index in [1.807, 2.05) is 18.2 Å². The van der Waals surface area contributed by atoms with Crippen molar-refractivity contribution in [2.75, 3.05) is 0 Å². The highest BCUT2D eigenvalue weighted by atomic mass is 16.4. The van der Waals surface area contributed by atoms with Gasteiger partial charge in [-0.25, -0.2) is 4.79 Å². The fraction of sp³-hybridized carbons (Fsp3) is 0.211. The lowest BCUT2D eigenvalue weighted by Gasteiger charge is -2.32. The van der Waals surface area contributed by atoms with Crippen molar-refractivity contribution >= 4 is 5.97 Å². The third-order valence-electron chi connectivity index (χ3n) is 4.18. The number of hydrogen-bond acceptors (Lipinski definition) is 4. The first-order valence-corrected chi connectivity index (χ1v) is 7.59. The highest BCUT2D eigenvalue weighted by molar-refractivity contribution is 5.87. The summed E-state index contributed by atoms with van der Waals surface area (Å²) in [6.45, 7) is 3.84. The molecule has 0 unspecified atom stereocenters. The van der Waals surface area contributed by atoms with Gasteiger partial charge in [0.15, 0.2) is 0 Å². The molecule has 0 aliphatic carbocycles. The quantitative estimate of drug-likeness (QED) is 0.630. The molecular weight excluding hydrogens is 308 g/mol. The lowest BCUT2D eigenvalue weighted by atomic mass is 9.70. The van der Waals surface area contributed by atoms with Gasteiger partial charge in [0, 0.05) is 30.3 Å². The van der Waals surface area contributed by atoms with Crippen LogP contribution in [0.2, 0.25) is 0 Å². The van der Waals surface area contributed by atoms with Gasteiger partial charge in [-0.1, -0.05) is 6.58 Å². The topological polar surface area (TPSA) is 76.7 Å². The average molecular weight is 326 g/mol. The molecule has 0 spiro atoms. The number of furan rings is 3. The Labute approximate surface area is 139 Å². The maximum atomic E-state index is 11.7. The van der Waals surface area contributed by atoms with Crippen molar-refractivity contribution in [2.45, 2.75) is 19.3 Å². The van der Waals surface area contributed by atoms with Gasteiger partial charge in [-0.05, 0) is 36.4 Å². The van der Waals surface area contributed by atoms with E-state index in [1.165, 1.54) is 0 Å². The maximum Gasteiger partial charge on any atom is 0.331 e. The van der Waals surface area contributed by atoms with E-state index in [-0.39, 0.29) is 5.57 Å². The van der Waals surface area contributed by atoms with Gasteiger partial charge in [-0.2, -0.15) is 0 Å². The van der Waals surface area contributed by atoms with Gasteiger partial charge in [0.1, 0.15) is 17.3 Å². The molecule has 5 heteroatoms. The molecule has 0 radical (unpaired) electrons. The number of aliphatic carboxylic acids is 1. The van der Waals surface area contributed by atoms with Crippen LogP contribution in [0.15, 0.2) is 80.6 Å². The molecule has 1 N–H and O–H groups in total. The molecule has 0 bridgehead atoms. The Morgan fingerprint density at radius 3 is 1.50 bits per heavy atom. The fourth-order valence-corrected chi connectivity index (χ4v) is 2.97. The lowest BCUT2D eigenvalue weighted by molar-refractivity contribution is -0.134. The normalized spacial score (nSPS) is 11.5. The van der Waals surface area contributed by atoms with Gasteiger partial charge in [-0.15, -0.1) is 0 Å². The number of hydrogen-bond donors (Lipinski definition) is 1. The predicted octanol–water partition coefficient (Wildman–Crippen LogP) is 4.12. The minimum atomic E-state index is -1.04. The van der Waals surface area contributed by atoms with E-state index < -0.39 is 11.4 Å². The van der Waals surface area contributed by atoms with E-state index in [0.29, 0.717) is 36.5 Å². The Morgan fingerprint density at radius 1 is 0.875 bits per heavy atom. The highest BCUT2D eigenvalue weighted by Crippen LogP contribution is 2.39. The molecule has 0 saturated carbocycles. The molecule has 0 fully saturated rings. The average Bonchev–Trinajstić information content (AvgIpc) is 3.29. The smallest absolute Gasteiger partial charge is 0.331 e. The summed E-state index contributed by atoms with van der Waals surface area (Å²) in [5, 5.41) is 9.61. The van der Waals surface area contributed by atoms with Crippen molar-refractivity contribution in [3.05, 3.63) is 84.6 Å². The zero-order chi connectivity index (χ0) is 17.0. The summed E-state index contributed by atoms with van der Waals surface area (Å²) >= 11 is 0. The molecule has 5 nitrogen and oxygen atoms in total. The molecule has 124 valence electrons. The van der Waals surface area contributed by atoms with Crippen molar-refractivity contribution in [1.29, 1.82) is 0 Å². The third kappa shape index (κ3) is 3.35. The SMILES string of the molecule is C=C(C(=O)O)C(Cc1ccco1)(Cc1ccco1)Cc1ccco1. The van der Waals surface area contributed by atoms with Crippen LogP contribution in [0.1, 0.15) is 17.3 Å². The van der Waals surface area contributed by atoms with Gasteiger partial charge in [-0.3, -0.25) is 0 Å². The Morgan fingerprint density at radius 2 is 1.25 bits per heavy atom. The second kappa shape index (κ2) is 6.66. The molecule has 0 saturated heterocycles. The number of carboxylic acid groups (broad SMARTS) is 1. The minimum absolute atomic E-state index is 0.103. The molecule has 3 rings (SSSR count). The molecule has 3 heterocycles. The molecular formula is C19H18O5. The zero-order valence-electron chi connectivity index (χ0n) is 13.1. The summed E-state index contributed by atoms with van der Waals surface area (Å²) in [4.78, 5) is 11.7. The summed E-state index contributed by atoms with van der Waals surface area (Å²) < 4.78 is 16.4. The second-order valence-electron chi connectivity index (χ2n) is 5.83. The van der Waals surface area contributed by atoms with Crippen molar-refractivity contribution in [1.82, 2.24) is 0 Å². The Kier molecular flexibility index (Phi) is 4.42. The second-order valence-corrected chi connectivity index (χ2v) is 5.83. The lowest BCUT2D eigenvalue weighted by Crippen LogP contribution is -2.34. The molecule has 0 aromatic carbocycles. The van der Waals surface area contributed by atoms with Gasteiger partial charge >= 0.3 is 5.97 Å². The van der Waals surface area contributed by atoms with Crippen LogP contribution < -0.4 is 0 Å². The van der Waals surface area contributed by atoms with Gasteiger partial charge in [0.2, 0.25) is 0 Å². The molecule has 3 aromatic heterocycles. The van der Waals surface area contributed by atoms with Gasteiger partial charge < -0.3 is 18.4 Å². The summed E-state index contributed by atoms with van der Waals surface area (Å²) in [5.41, 5.74) is -0.717. The van der Waals surface area contributed by atoms with Gasteiger partial charge in [0.05, 0.1) is 18.8 Å². The van der Waals surface area contributed by atoms with E-state index in [4.69, 9.17) is 13.3 Å². The fourth-order valence-electron chi connectivity index (χ4n) is 2.97. The highest BCUT2D eigenvalue weighted by Gasteiger charge is 2.40. The molecule has 0 aliphatic heterocycles. The summed E-state index contributed by atoms with van der Waals surface area (Å²) in [6.07, 6.45) is 5.86. The number of carbonyl (C=O) groups is 1.